The Hall–Kier alpha value is -3.54. The number of pyridine rings is 2. The Morgan fingerprint density at radius 1 is 0.931 bits per heavy atom. The molecule has 0 saturated heterocycles. The maximum atomic E-state index is 12.3. The summed E-state index contributed by atoms with van der Waals surface area (Å²) in [6.45, 7) is 4.92. The molecule has 3 aromatic rings. The molecule has 0 unspecified atom stereocenters. The maximum absolute atomic E-state index is 12.3. The lowest BCUT2D eigenvalue weighted by atomic mass is 10.0. The molecule has 0 bridgehead atoms. The highest BCUT2D eigenvalue weighted by molar-refractivity contribution is 6.03. The normalized spacial score (nSPS) is 10.6. The van der Waals surface area contributed by atoms with Crippen LogP contribution in [0.2, 0.25) is 0 Å². The fraction of sp³-hybridized carbons (Fsp3) is 0.217. The number of hydrogen-bond donors (Lipinski definition) is 2. The molecule has 6 heteroatoms. The molecule has 6 nitrogen and oxygen atoms in total. The standard InChI is InChI=1S/C23H24N4O2/c1-16(2)8-13-25-22(28)19-5-3-4-18(14-19)20-6-7-21(26-15-20)27-23(29)17-9-11-24-12-10-17/h3-7,9-12,14-16H,8,13H2,1-2H3,(H,25,28)(H,26,27,29). The Balaban J connectivity index is 1.67. The van der Waals surface area contributed by atoms with Gasteiger partial charge in [0.25, 0.3) is 11.8 Å². The summed E-state index contributed by atoms with van der Waals surface area (Å²) in [4.78, 5) is 32.8. The topological polar surface area (TPSA) is 84.0 Å². The average molecular weight is 388 g/mol. The predicted molar refractivity (Wildman–Crippen MR) is 114 cm³/mol. The van der Waals surface area contributed by atoms with Crippen LogP contribution in [0, 0.1) is 5.92 Å². The minimum atomic E-state index is -0.243. The van der Waals surface area contributed by atoms with E-state index in [2.05, 4.69) is 34.4 Å². The molecule has 1 aromatic carbocycles. The molecule has 29 heavy (non-hydrogen) atoms. The van der Waals surface area contributed by atoms with Crippen molar-refractivity contribution in [2.45, 2.75) is 20.3 Å². The maximum Gasteiger partial charge on any atom is 0.256 e. The Bertz CT molecular complexity index is 970. The summed E-state index contributed by atoms with van der Waals surface area (Å²) >= 11 is 0. The Kier molecular flexibility index (Phi) is 6.68. The van der Waals surface area contributed by atoms with Gasteiger partial charge < -0.3 is 10.6 Å². The van der Waals surface area contributed by atoms with E-state index in [9.17, 15) is 9.59 Å². The number of aromatic nitrogens is 2. The quantitative estimate of drug-likeness (QED) is 0.636. The molecule has 148 valence electrons. The highest BCUT2D eigenvalue weighted by atomic mass is 16.2. The summed E-state index contributed by atoms with van der Waals surface area (Å²) < 4.78 is 0. The third-order valence-electron chi connectivity index (χ3n) is 4.41. The van der Waals surface area contributed by atoms with Crippen LogP contribution in [0.4, 0.5) is 5.82 Å². The number of nitrogens with zero attached hydrogens (tertiary/aromatic N) is 2. The summed E-state index contributed by atoms with van der Waals surface area (Å²) in [7, 11) is 0. The molecule has 0 radical (unpaired) electrons. The van der Waals surface area contributed by atoms with E-state index in [0.29, 0.717) is 29.4 Å². The molecule has 2 aromatic heterocycles. The fourth-order valence-corrected chi connectivity index (χ4v) is 2.75. The number of amides is 2. The van der Waals surface area contributed by atoms with E-state index >= 15 is 0 Å². The van der Waals surface area contributed by atoms with E-state index in [1.807, 2.05) is 24.3 Å². The summed E-state index contributed by atoms with van der Waals surface area (Å²) in [5, 5.41) is 5.71. The third-order valence-corrected chi connectivity index (χ3v) is 4.41. The van der Waals surface area contributed by atoms with Crippen molar-refractivity contribution in [3.8, 4) is 11.1 Å². The fourth-order valence-electron chi connectivity index (χ4n) is 2.75. The molecule has 0 spiro atoms. The van der Waals surface area contributed by atoms with Gasteiger partial charge in [-0.3, -0.25) is 14.6 Å². The summed E-state index contributed by atoms with van der Waals surface area (Å²) in [5.41, 5.74) is 2.88. The minimum Gasteiger partial charge on any atom is -0.352 e. The van der Waals surface area contributed by atoms with Crippen LogP contribution in [0.3, 0.4) is 0 Å². The molecule has 2 N–H and O–H groups in total. The van der Waals surface area contributed by atoms with Crippen molar-refractivity contribution < 1.29 is 9.59 Å². The number of rotatable bonds is 7. The van der Waals surface area contributed by atoms with Crippen molar-refractivity contribution >= 4 is 17.6 Å². The SMILES string of the molecule is CC(C)CCNC(=O)c1cccc(-c2ccc(NC(=O)c3ccncc3)nc2)c1. The zero-order chi connectivity index (χ0) is 20.6. The lowest BCUT2D eigenvalue weighted by Crippen LogP contribution is -2.25. The lowest BCUT2D eigenvalue weighted by molar-refractivity contribution is 0.0951. The van der Waals surface area contributed by atoms with Gasteiger partial charge in [0.15, 0.2) is 0 Å². The van der Waals surface area contributed by atoms with Crippen LogP contribution >= 0.6 is 0 Å². The first-order valence-electron chi connectivity index (χ1n) is 9.59. The largest absolute Gasteiger partial charge is 0.352 e. The van der Waals surface area contributed by atoms with Crippen LogP contribution in [0.5, 0.6) is 0 Å². The minimum absolute atomic E-state index is 0.0818. The van der Waals surface area contributed by atoms with Gasteiger partial charge in [0.1, 0.15) is 5.82 Å². The van der Waals surface area contributed by atoms with E-state index in [4.69, 9.17) is 0 Å². The number of hydrogen-bond acceptors (Lipinski definition) is 4. The zero-order valence-electron chi connectivity index (χ0n) is 16.6. The average Bonchev–Trinajstić information content (AvgIpc) is 2.74. The molecule has 0 aliphatic heterocycles. The van der Waals surface area contributed by atoms with E-state index < -0.39 is 0 Å². The van der Waals surface area contributed by atoms with Crippen molar-refractivity contribution in [3.05, 3.63) is 78.2 Å². The van der Waals surface area contributed by atoms with Gasteiger partial charge in [0.05, 0.1) is 0 Å². The molecular formula is C23H24N4O2. The number of carbonyl (C=O) groups is 2. The van der Waals surface area contributed by atoms with Crippen LogP contribution in [0.15, 0.2) is 67.1 Å². The van der Waals surface area contributed by atoms with Crippen molar-refractivity contribution in [2.24, 2.45) is 5.92 Å². The Morgan fingerprint density at radius 3 is 2.41 bits per heavy atom. The predicted octanol–water partition coefficient (Wildman–Crippen LogP) is 4.17. The van der Waals surface area contributed by atoms with Crippen LogP contribution in [-0.2, 0) is 0 Å². The zero-order valence-corrected chi connectivity index (χ0v) is 16.6. The van der Waals surface area contributed by atoms with Crippen LogP contribution in [0.1, 0.15) is 41.0 Å². The van der Waals surface area contributed by atoms with Gasteiger partial charge in [0.2, 0.25) is 0 Å². The van der Waals surface area contributed by atoms with E-state index in [1.165, 1.54) is 0 Å². The first kappa shape index (κ1) is 20.2. The van der Waals surface area contributed by atoms with E-state index in [-0.39, 0.29) is 11.8 Å². The van der Waals surface area contributed by atoms with Gasteiger partial charge >= 0.3 is 0 Å². The summed E-state index contributed by atoms with van der Waals surface area (Å²) in [6, 6.07) is 14.3. The highest BCUT2D eigenvalue weighted by Gasteiger charge is 2.09. The molecule has 3 rings (SSSR count). The molecule has 0 fully saturated rings. The van der Waals surface area contributed by atoms with Gasteiger partial charge in [-0.25, -0.2) is 4.98 Å². The van der Waals surface area contributed by atoms with Gasteiger partial charge in [-0.1, -0.05) is 26.0 Å². The van der Waals surface area contributed by atoms with Crippen molar-refractivity contribution in [2.75, 3.05) is 11.9 Å². The second-order valence-electron chi connectivity index (χ2n) is 7.14. The smallest absolute Gasteiger partial charge is 0.256 e. The molecule has 0 atom stereocenters. The van der Waals surface area contributed by atoms with Crippen molar-refractivity contribution in [1.29, 1.82) is 0 Å². The second kappa shape index (κ2) is 9.59. The van der Waals surface area contributed by atoms with Crippen LogP contribution in [0.25, 0.3) is 11.1 Å². The molecule has 0 saturated carbocycles. The highest BCUT2D eigenvalue weighted by Crippen LogP contribution is 2.21. The first-order chi connectivity index (χ1) is 14.0. The van der Waals surface area contributed by atoms with Crippen molar-refractivity contribution in [3.63, 3.8) is 0 Å². The monoisotopic (exact) mass is 388 g/mol. The number of benzene rings is 1. The number of nitrogens with one attached hydrogen (secondary N) is 2. The van der Waals surface area contributed by atoms with Gasteiger partial charge in [-0.15, -0.1) is 0 Å². The molecule has 2 amide bonds. The van der Waals surface area contributed by atoms with E-state index in [0.717, 1.165) is 17.5 Å². The van der Waals surface area contributed by atoms with Gasteiger partial charge in [0, 0.05) is 41.8 Å². The molecular weight excluding hydrogens is 364 g/mol. The Labute approximate surface area is 170 Å². The molecule has 0 aliphatic rings. The van der Waals surface area contributed by atoms with Crippen molar-refractivity contribution in [1.82, 2.24) is 15.3 Å². The number of anilines is 1. The summed E-state index contributed by atoms with van der Waals surface area (Å²) in [6.07, 6.45) is 5.76. The molecule has 0 aliphatic carbocycles. The lowest BCUT2D eigenvalue weighted by Gasteiger charge is -2.09. The van der Waals surface area contributed by atoms with Crippen LogP contribution in [-0.4, -0.2) is 28.3 Å². The second-order valence-corrected chi connectivity index (χ2v) is 7.14. The number of carbonyl (C=O) groups excluding carboxylic acids is 2. The van der Waals surface area contributed by atoms with Gasteiger partial charge in [-0.2, -0.15) is 0 Å². The third kappa shape index (κ3) is 5.72. The summed E-state index contributed by atoms with van der Waals surface area (Å²) in [5.74, 6) is 0.679. The van der Waals surface area contributed by atoms with E-state index in [1.54, 1.807) is 42.9 Å². The van der Waals surface area contributed by atoms with Gasteiger partial charge in [-0.05, 0) is 54.3 Å². The molecule has 2 heterocycles. The first-order valence-corrected chi connectivity index (χ1v) is 9.59. The van der Waals surface area contributed by atoms with Crippen LogP contribution < -0.4 is 10.6 Å². The Morgan fingerprint density at radius 2 is 1.72 bits per heavy atom.